The summed E-state index contributed by atoms with van der Waals surface area (Å²) in [5.74, 6) is -0.754. The van der Waals surface area contributed by atoms with E-state index in [0.29, 0.717) is 40.7 Å². The highest BCUT2D eigenvalue weighted by atomic mass is 35.5. The van der Waals surface area contributed by atoms with Crippen molar-refractivity contribution in [3.8, 4) is 0 Å². The molecule has 0 fully saturated rings. The number of nitrogens with one attached hydrogen (secondary N) is 3. The normalized spacial score (nSPS) is 10.2. The number of esters is 1. The van der Waals surface area contributed by atoms with Crippen molar-refractivity contribution in [2.75, 3.05) is 29.1 Å². The first kappa shape index (κ1) is 23.2. The summed E-state index contributed by atoms with van der Waals surface area (Å²) in [4.78, 5) is 35.8. The van der Waals surface area contributed by atoms with Gasteiger partial charge in [0.15, 0.2) is 0 Å². The van der Waals surface area contributed by atoms with Gasteiger partial charge in [-0.05, 0) is 55.3 Å². The third-order valence-electron chi connectivity index (χ3n) is 4.01. The zero-order valence-corrected chi connectivity index (χ0v) is 17.8. The van der Waals surface area contributed by atoms with Crippen LogP contribution in [0.3, 0.4) is 0 Å². The second-order valence-corrected chi connectivity index (χ2v) is 7.02. The molecule has 0 saturated carbocycles. The Hall–Kier alpha value is -3.06. The van der Waals surface area contributed by atoms with Crippen LogP contribution in [0.15, 0.2) is 42.5 Å². The van der Waals surface area contributed by atoms with Crippen LogP contribution >= 0.6 is 11.6 Å². The fraction of sp³-hybridized carbons (Fsp3) is 0.318. The summed E-state index contributed by atoms with van der Waals surface area (Å²) in [6, 6.07) is 11.5. The van der Waals surface area contributed by atoms with Gasteiger partial charge in [0, 0.05) is 17.8 Å². The monoisotopic (exact) mass is 431 g/mol. The first-order chi connectivity index (χ1) is 14.4. The summed E-state index contributed by atoms with van der Waals surface area (Å²) in [5, 5.41) is 8.93. The van der Waals surface area contributed by atoms with Crippen LogP contribution < -0.4 is 16.0 Å². The second-order valence-electron chi connectivity index (χ2n) is 6.61. The van der Waals surface area contributed by atoms with E-state index in [1.165, 1.54) is 0 Å². The van der Waals surface area contributed by atoms with Crippen molar-refractivity contribution in [2.45, 2.75) is 33.1 Å². The smallest absolute Gasteiger partial charge is 0.338 e. The van der Waals surface area contributed by atoms with Crippen molar-refractivity contribution < 1.29 is 19.1 Å². The Morgan fingerprint density at radius 2 is 1.57 bits per heavy atom. The van der Waals surface area contributed by atoms with Crippen molar-refractivity contribution >= 4 is 46.4 Å². The maximum Gasteiger partial charge on any atom is 0.338 e. The molecule has 0 aromatic heterocycles. The van der Waals surface area contributed by atoms with Crippen LogP contribution in [0.2, 0.25) is 5.02 Å². The summed E-state index contributed by atoms with van der Waals surface area (Å²) in [7, 11) is 0. The molecular weight excluding hydrogens is 406 g/mol. The molecule has 0 unspecified atom stereocenters. The number of halogens is 1. The van der Waals surface area contributed by atoms with Crippen LogP contribution in [0.25, 0.3) is 0 Å². The third-order valence-corrected chi connectivity index (χ3v) is 4.34. The van der Waals surface area contributed by atoms with E-state index in [9.17, 15) is 14.4 Å². The largest absolute Gasteiger partial charge is 0.462 e. The molecule has 0 spiro atoms. The number of hydrogen-bond donors (Lipinski definition) is 3. The SMILES string of the molecule is CCCOC(=O)c1ccc(NC(=O)CNc2cc(NC(=O)CCC)ccc2Cl)cc1. The number of ether oxygens (including phenoxy) is 1. The Labute approximate surface area is 181 Å². The predicted molar refractivity (Wildman–Crippen MR) is 119 cm³/mol. The molecule has 0 saturated heterocycles. The summed E-state index contributed by atoms with van der Waals surface area (Å²) in [6.07, 6.45) is 1.94. The van der Waals surface area contributed by atoms with E-state index in [1.54, 1.807) is 42.5 Å². The van der Waals surface area contributed by atoms with E-state index in [1.807, 2.05) is 13.8 Å². The van der Waals surface area contributed by atoms with Crippen LogP contribution in [0, 0.1) is 0 Å². The number of amides is 2. The molecule has 0 heterocycles. The molecule has 0 bridgehead atoms. The lowest BCUT2D eigenvalue weighted by Gasteiger charge is -2.12. The van der Waals surface area contributed by atoms with Crippen LogP contribution in [0.1, 0.15) is 43.5 Å². The molecular formula is C22H26ClN3O4. The lowest BCUT2D eigenvalue weighted by atomic mass is 10.2. The lowest BCUT2D eigenvalue weighted by molar-refractivity contribution is -0.116. The first-order valence-electron chi connectivity index (χ1n) is 9.83. The van der Waals surface area contributed by atoms with Gasteiger partial charge in [-0.15, -0.1) is 0 Å². The Bertz CT molecular complexity index is 884. The Kier molecular flexibility index (Phi) is 9.15. The molecule has 0 aliphatic carbocycles. The van der Waals surface area contributed by atoms with E-state index < -0.39 is 5.97 Å². The first-order valence-corrected chi connectivity index (χ1v) is 10.2. The summed E-state index contributed by atoms with van der Waals surface area (Å²) < 4.78 is 5.07. The molecule has 8 heteroatoms. The van der Waals surface area contributed by atoms with Crippen molar-refractivity contribution in [2.24, 2.45) is 0 Å². The van der Waals surface area contributed by atoms with Crippen molar-refractivity contribution in [1.29, 1.82) is 0 Å². The van der Waals surface area contributed by atoms with Gasteiger partial charge in [-0.2, -0.15) is 0 Å². The van der Waals surface area contributed by atoms with Gasteiger partial charge in [0.2, 0.25) is 11.8 Å². The highest BCUT2D eigenvalue weighted by Gasteiger charge is 2.09. The predicted octanol–water partition coefficient (Wildman–Crippen LogP) is 4.70. The van der Waals surface area contributed by atoms with Crippen LogP contribution in [-0.4, -0.2) is 30.9 Å². The Morgan fingerprint density at radius 3 is 2.23 bits per heavy atom. The van der Waals surface area contributed by atoms with Crippen LogP contribution in [-0.2, 0) is 14.3 Å². The second kappa shape index (κ2) is 11.8. The molecule has 0 aliphatic rings. The highest BCUT2D eigenvalue weighted by molar-refractivity contribution is 6.33. The quantitative estimate of drug-likeness (QED) is 0.474. The van der Waals surface area contributed by atoms with E-state index in [2.05, 4.69) is 16.0 Å². The number of rotatable bonds is 10. The highest BCUT2D eigenvalue weighted by Crippen LogP contribution is 2.25. The van der Waals surface area contributed by atoms with Gasteiger partial charge in [-0.25, -0.2) is 4.79 Å². The average molecular weight is 432 g/mol. The molecule has 2 aromatic carbocycles. The summed E-state index contributed by atoms with van der Waals surface area (Å²) in [5.41, 5.74) is 2.12. The minimum Gasteiger partial charge on any atom is -0.462 e. The Morgan fingerprint density at radius 1 is 0.900 bits per heavy atom. The number of carbonyl (C=O) groups is 3. The molecule has 30 heavy (non-hydrogen) atoms. The third kappa shape index (κ3) is 7.40. The van der Waals surface area contributed by atoms with Gasteiger partial charge in [-0.1, -0.05) is 25.4 Å². The lowest BCUT2D eigenvalue weighted by Crippen LogP contribution is -2.22. The summed E-state index contributed by atoms with van der Waals surface area (Å²) >= 11 is 6.17. The molecule has 2 amide bonds. The zero-order chi connectivity index (χ0) is 21.9. The van der Waals surface area contributed by atoms with Gasteiger partial charge < -0.3 is 20.7 Å². The number of carbonyl (C=O) groups excluding carboxylic acids is 3. The molecule has 0 radical (unpaired) electrons. The topological polar surface area (TPSA) is 96.5 Å². The van der Waals surface area contributed by atoms with Crippen molar-refractivity contribution in [3.05, 3.63) is 53.1 Å². The van der Waals surface area contributed by atoms with Gasteiger partial charge in [0.25, 0.3) is 0 Å². The van der Waals surface area contributed by atoms with Gasteiger partial charge in [-0.3, -0.25) is 9.59 Å². The fourth-order valence-electron chi connectivity index (χ4n) is 2.54. The molecule has 2 aromatic rings. The van der Waals surface area contributed by atoms with E-state index >= 15 is 0 Å². The van der Waals surface area contributed by atoms with Crippen LogP contribution in [0.5, 0.6) is 0 Å². The van der Waals surface area contributed by atoms with Crippen LogP contribution in [0.4, 0.5) is 17.1 Å². The minimum absolute atomic E-state index is 0.0215. The summed E-state index contributed by atoms with van der Waals surface area (Å²) in [6.45, 7) is 4.20. The zero-order valence-electron chi connectivity index (χ0n) is 17.1. The molecule has 2 rings (SSSR count). The number of hydrogen-bond acceptors (Lipinski definition) is 5. The Balaban J connectivity index is 1.90. The van der Waals surface area contributed by atoms with E-state index in [4.69, 9.17) is 16.3 Å². The molecule has 7 nitrogen and oxygen atoms in total. The molecule has 0 atom stereocenters. The maximum absolute atomic E-state index is 12.2. The van der Waals surface area contributed by atoms with E-state index in [-0.39, 0.29) is 18.4 Å². The number of benzene rings is 2. The minimum atomic E-state index is -0.392. The van der Waals surface area contributed by atoms with Crippen molar-refractivity contribution in [1.82, 2.24) is 0 Å². The average Bonchev–Trinajstić information content (AvgIpc) is 2.73. The number of anilines is 3. The van der Waals surface area contributed by atoms with Gasteiger partial charge in [0.05, 0.1) is 29.4 Å². The molecule has 160 valence electrons. The van der Waals surface area contributed by atoms with Crippen molar-refractivity contribution in [3.63, 3.8) is 0 Å². The van der Waals surface area contributed by atoms with Gasteiger partial charge >= 0.3 is 5.97 Å². The fourth-order valence-corrected chi connectivity index (χ4v) is 2.72. The van der Waals surface area contributed by atoms with Gasteiger partial charge in [0.1, 0.15) is 0 Å². The molecule has 0 aliphatic heterocycles. The maximum atomic E-state index is 12.2. The standard InChI is InChI=1S/C22H26ClN3O4/c1-3-5-20(27)26-17-10-11-18(23)19(13-17)24-14-21(28)25-16-8-6-15(7-9-16)22(29)30-12-4-2/h6-11,13,24H,3-5,12,14H2,1-2H3,(H,25,28)(H,26,27). The van der Waals surface area contributed by atoms with E-state index in [0.717, 1.165) is 12.8 Å². The molecule has 3 N–H and O–H groups in total.